The van der Waals surface area contributed by atoms with E-state index in [9.17, 15) is 0 Å². The van der Waals surface area contributed by atoms with Gasteiger partial charge in [-0.2, -0.15) is 0 Å². The zero-order valence-corrected chi connectivity index (χ0v) is 11.0. The van der Waals surface area contributed by atoms with Gasteiger partial charge in [0.2, 0.25) is 0 Å². The lowest BCUT2D eigenvalue weighted by Crippen LogP contribution is -1.87. The highest BCUT2D eigenvalue weighted by Crippen LogP contribution is 2.34. The Labute approximate surface area is 107 Å². The van der Waals surface area contributed by atoms with Crippen LogP contribution in [0.4, 0.5) is 5.69 Å². The van der Waals surface area contributed by atoms with Crippen LogP contribution < -0.4 is 5.73 Å². The van der Waals surface area contributed by atoms with E-state index in [0.29, 0.717) is 0 Å². The van der Waals surface area contributed by atoms with Crippen LogP contribution in [0.5, 0.6) is 0 Å². The fraction of sp³-hybridized carbons (Fsp3) is 0. The molecule has 2 N–H and O–H groups in total. The van der Waals surface area contributed by atoms with Gasteiger partial charge < -0.3 is 5.73 Å². The highest BCUT2D eigenvalue weighted by atomic mass is 127. The van der Waals surface area contributed by atoms with E-state index < -0.39 is 0 Å². The van der Waals surface area contributed by atoms with Crippen LogP contribution in [-0.4, -0.2) is 0 Å². The molecule has 3 heteroatoms. The van der Waals surface area contributed by atoms with Crippen LogP contribution >= 0.6 is 34.4 Å². The molecule has 0 radical (unpaired) electrons. The molecule has 0 aromatic heterocycles. The Morgan fingerprint density at radius 2 is 1.47 bits per heavy atom. The minimum atomic E-state index is 0.835. The highest BCUT2D eigenvalue weighted by molar-refractivity contribution is 14.1. The molecule has 1 nitrogen and oxygen atoms in total. The Kier molecular flexibility index (Phi) is 3.53. The number of nitrogens with two attached hydrogens (primary N) is 1. The molecule has 2 rings (SSSR count). The predicted molar refractivity (Wildman–Crippen MR) is 74.1 cm³/mol. The first-order chi connectivity index (χ1) is 7.27. The lowest BCUT2D eigenvalue weighted by Gasteiger charge is -2.06. The van der Waals surface area contributed by atoms with Gasteiger partial charge in [-0.3, -0.25) is 0 Å². The summed E-state index contributed by atoms with van der Waals surface area (Å²) >= 11 is 4.05. The summed E-state index contributed by atoms with van der Waals surface area (Å²) in [5.74, 6) is 0. The first kappa shape index (κ1) is 10.8. The standard InChI is InChI=1S/C12H10INS/c13-9-5-1-3-7-11(9)15-12-8-4-2-6-10(12)14/h1-8H,14H2. The Morgan fingerprint density at radius 1 is 0.867 bits per heavy atom. The Bertz CT molecular complexity index is 427. The number of hydrogen-bond donors (Lipinski definition) is 1. The van der Waals surface area contributed by atoms with Crippen LogP contribution in [0.15, 0.2) is 58.3 Å². The van der Waals surface area contributed by atoms with Crippen LogP contribution in [0, 0.1) is 3.57 Å². The van der Waals surface area contributed by atoms with Crippen LogP contribution in [0.2, 0.25) is 0 Å². The zero-order valence-electron chi connectivity index (χ0n) is 7.98. The van der Waals surface area contributed by atoms with Gasteiger partial charge in [-0.05, 0) is 46.9 Å². The molecule has 0 aliphatic carbocycles. The van der Waals surface area contributed by atoms with Crippen LogP contribution in [-0.2, 0) is 0 Å². The van der Waals surface area contributed by atoms with Gasteiger partial charge in [0, 0.05) is 19.0 Å². The topological polar surface area (TPSA) is 26.0 Å². The molecular formula is C12H10INS. The van der Waals surface area contributed by atoms with Gasteiger partial charge in [0.1, 0.15) is 0 Å². The minimum Gasteiger partial charge on any atom is -0.398 e. The summed E-state index contributed by atoms with van der Waals surface area (Å²) in [6.45, 7) is 0. The molecule has 0 atom stereocenters. The van der Waals surface area contributed by atoms with E-state index in [1.807, 2.05) is 36.4 Å². The second-order valence-electron chi connectivity index (χ2n) is 3.07. The fourth-order valence-electron chi connectivity index (χ4n) is 1.22. The number of nitrogen functional groups attached to an aromatic ring is 1. The van der Waals surface area contributed by atoms with Crippen molar-refractivity contribution in [2.75, 3.05) is 5.73 Å². The van der Waals surface area contributed by atoms with Crippen molar-refractivity contribution in [2.45, 2.75) is 9.79 Å². The molecule has 2 aromatic rings. The zero-order chi connectivity index (χ0) is 10.7. The molecule has 0 saturated heterocycles. The van der Waals surface area contributed by atoms with Crippen LogP contribution in [0.3, 0.4) is 0 Å². The lowest BCUT2D eigenvalue weighted by molar-refractivity contribution is 1.37. The van der Waals surface area contributed by atoms with Gasteiger partial charge in [0.25, 0.3) is 0 Å². The molecule has 15 heavy (non-hydrogen) atoms. The first-order valence-corrected chi connectivity index (χ1v) is 6.44. The molecule has 0 bridgehead atoms. The van der Waals surface area contributed by atoms with Crippen molar-refractivity contribution in [1.29, 1.82) is 0 Å². The maximum atomic E-state index is 5.90. The van der Waals surface area contributed by atoms with Crippen LogP contribution in [0.25, 0.3) is 0 Å². The SMILES string of the molecule is Nc1ccccc1Sc1ccccc1I. The van der Waals surface area contributed by atoms with Crippen molar-refractivity contribution < 1.29 is 0 Å². The largest absolute Gasteiger partial charge is 0.398 e. The number of hydrogen-bond acceptors (Lipinski definition) is 2. The van der Waals surface area contributed by atoms with Crippen molar-refractivity contribution in [3.63, 3.8) is 0 Å². The molecule has 0 heterocycles. The molecule has 0 aliphatic rings. The van der Waals surface area contributed by atoms with Crippen molar-refractivity contribution >= 4 is 40.0 Å². The monoisotopic (exact) mass is 327 g/mol. The van der Waals surface area contributed by atoms with E-state index in [0.717, 1.165) is 10.6 Å². The summed E-state index contributed by atoms with van der Waals surface area (Å²) in [5.41, 5.74) is 6.73. The Balaban J connectivity index is 2.30. The smallest absolute Gasteiger partial charge is 0.0455 e. The highest BCUT2D eigenvalue weighted by Gasteiger charge is 2.03. The van der Waals surface area contributed by atoms with Crippen molar-refractivity contribution in [3.05, 3.63) is 52.1 Å². The molecule has 0 unspecified atom stereocenters. The molecular weight excluding hydrogens is 317 g/mol. The number of anilines is 1. The average Bonchev–Trinajstić information content (AvgIpc) is 2.24. The molecule has 0 amide bonds. The number of halogens is 1. The Hall–Kier alpha value is -0.680. The summed E-state index contributed by atoms with van der Waals surface area (Å²) < 4.78 is 1.25. The second-order valence-corrected chi connectivity index (χ2v) is 5.32. The fourth-order valence-corrected chi connectivity index (χ4v) is 2.82. The van der Waals surface area contributed by atoms with Crippen molar-refractivity contribution in [3.8, 4) is 0 Å². The third-order valence-corrected chi connectivity index (χ3v) is 4.45. The van der Waals surface area contributed by atoms with E-state index in [-0.39, 0.29) is 0 Å². The predicted octanol–water partition coefficient (Wildman–Crippen LogP) is 4.02. The number of para-hydroxylation sites is 1. The summed E-state index contributed by atoms with van der Waals surface area (Å²) in [6.07, 6.45) is 0. The van der Waals surface area contributed by atoms with Crippen molar-refractivity contribution in [1.82, 2.24) is 0 Å². The second kappa shape index (κ2) is 4.90. The lowest BCUT2D eigenvalue weighted by atomic mass is 10.3. The van der Waals surface area contributed by atoms with E-state index in [2.05, 4.69) is 34.7 Å². The normalized spacial score (nSPS) is 10.2. The van der Waals surface area contributed by atoms with Gasteiger partial charge >= 0.3 is 0 Å². The summed E-state index contributed by atoms with van der Waals surface area (Å²) in [4.78, 5) is 2.36. The molecule has 2 aromatic carbocycles. The number of benzene rings is 2. The maximum absolute atomic E-state index is 5.90. The van der Waals surface area contributed by atoms with E-state index in [1.165, 1.54) is 8.47 Å². The van der Waals surface area contributed by atoms with E-state index in [1.54, 1.807) is 11.8 Å². The molecule has 0 spiro atoms. The maximum Gasteiger partial charge on any atom is 0.0455 e. The summed E-state index contributed by atoms with van der Waals surface area (Å²) in [7, 11) is 0. The van der Waals surface area contributed by atoms with E-state index >= 15 is 0 Å². The summed E-state index contributed by atoms with van der Waals surface area (Å²) in [6, 6.07) is 16.2. The van der Waals surface area contributed by atoms with Crippen LogP contribution in [0.1, 0.15) is 0 Å². The molecule has 0 fully saturated rings. The molecule has 0 aliphatic heterocycles. The van der Waals surface area contributed by atoms with Gasteiger partial charge in [-0.1, -0.05) is 36.0 Å². The minimum absolute atomic E-state index is 0.835. The quantitative estimate of drug-likeness (QED) is 0.666. The summed E-state index contributed by atoms with van der Waals surface area (Å²) in [5, 5.41) is 0. The van der Waals surface area contributed by atoms with Gasteiger partial charge in [-0.25, -0.2) is 0 Å². The van der Waals surface area contributed by atoms with Gasteiger partial charge in [-0.15, -0.1) is 0 Å². The third-order valence-electron chi connectivity index (χ3n) is 1.98. The average molecular weight is 327 g/mol. The Morgan fingerprint density at radius 3 is 2.13 bits per heavy atom. The first-order valence-electron chi connectivity index (χ1n) is 4.54. The molecule has 0 saturated carbocycles. The number of rotatable bonds is 2. The third kappa shape index (κ3) is 2.66. The van der Waals surface area contributed by atoms with E-state index in [4.69, 9.17) is 5.73 Å². The van der Waals surface area contributed by atoms with Gasteiger partial charge in [0.15, 0.2) is 0 Å². The van der Waals surface area contributed by atoms with Crippen molar-refractivity contribution in [2.24, 2.45) is 0 Å². The molecule has 76 valence electrons. The van der Waals surface area contributed by atoms with Gasteiger partial charge in [0.05, 0.1) is 0 Å².